The smallest absolute Gasteiger partial charge is 0.0451 e. The van der Waals surface area contributed by atoms with Crippen molar-refractivity contribution in [3.63, 3.8) is 0 Å². The minimum absolute atomic E-state index is 0.524. The fourth-order valence-corrected chi connectivity index (χ4v) is 1.77. The van der Waals surface area contributed by atoms with Crippen LogP contribution in [0.4, 0.5) is 0 Å². The van der Waals surface area contributed by atoms with Crippen LogP contribution in [0, 0.1) is 6.92 Å². The largest absolute Gasteiger partial charge is 0.261 e. The minimum atomic E-state index is 0.524. The van der Waals surface area contributed by atoms with Gasteiger partial charge in [-0.3, -0.25) is 4.98 Å². The first kappa shape index (κ1) is 10.9. The summed E-state index contributed by atoms with van der Waals surface area (Å²) in [5.41, 5.74) is 4.88. The molecule has 0 aliphatic carbocycles. The normalized spacial score (nSPS) is 10.8. The molecule has 82 valence electrons. The highest BCUT2D eigenvalue weighted by Gasteiger charge is 2.06. The van der Waals surface area contributed by atoms with Crippen LogP contribution in [0.3, 0.4) is 0 Å². The maximum absolute atomic E-state index is 4.48. The Morgan fingerprint density at radius 2 is 1.75 bits per heavy atom. The van der Waals surface area contributed by atoms with Gasteiger partial charge in [0, 0.05) is 17.5 Å². The molecular formula is C15H17N. The summed E-state index contributed by atoms with van der Waals surface area (Å²) in [7, 11) is 0. The molecule has 1 heterocycles. The SMILES string of the molecule is Cc1ncc(C(C)C)cc1-c1ccccc1. The maximum Gasteiger partial charge on any atom is 0.0451 e. The Kier molecular flexibility index (Phi) is 3.04. The van der Waals surface area contributed by atoms with Gasteiger partial charge < -0.3 is 0 Å². The lowest BCUT2D eigenvalue weighted by molar-refractivity contribution is 0.856. The Labute approximate surface area is 97.2 Å². The molecule has 0 radical (unpaired) electrons. The average Bonchev–Trinajstić information content (AvgIpc) is 2.30. The van der Waals surface area contributed by atoms with E-state index in [1.165, 1.54) is 16.7 Å². The molecule has 0 saturated carbocycles. The number of hydrogen-bond acceptors (Lipinski definition) is 1. The molecule has 0 atom stereocenters. The standard InChI is InChI=1S/C15H17N/c1-11(2)14-9-15(12(3)16-10-14)13-7-5-4-6-8-13/h4-11H,1-3H3. The van der Waals surface area contributed by atoms with Gasteiger partial charge in [0.15, 0.2) is 0 Å². The van der Waals surface area contributed by atoms with Crippen molar-refractivity contribution in [1.29, 1.82) is 0 Å². The summed E-state index contributed by atoms with van der Waals surface area (Å²) >= 11 is 0. The molecule has 2 rings (SSSR count). The van der Waals surface area contributed by atoms with E-state index in [9.17, 15) is 0 Å². The van der Waals surface area contributed by atoms with Crippen molar-refractivity contribution in [3.05, 3.63) is 53.9 Å². The third-order valence-corrected chi connectivity index (χ3v) is 2.86. The Balaban J connectivity index is 2.52. The van der Waals surface area contributed by atoms with E-state index in [0.29, 0.717) is 5.92 Å². The van der Waals surface area contributed by atoms with Gasteiger partial charge in [-0.2, -0.15) is 0 Å². The van der Waals surface area contributed by atoms with Crippen LogP contribution < -0.4 is 0 Å². The summed E-state index contributed by atoms with van der Waals surface area (Å²) < 4.78 is 0. The zero-order valence-electron chi connectivity index (χ0n) is 10.1. The van der Waals surface area contributed by atoms with Crippen LogP contribution in [0.5, 0.6) is 0 Å². The third kappa shape index (κ3) is 2.13. The molecule has 0 aliphatic rings. The molecule has 1 nitrogen and oxygen atoms in total. The van der Waals surface area contributed by atoms with E-state index in [2.05, 4.69) is 56.1 Å². The molecule has 2 aromatic rings. The molecule has 0 fully saturated rings. The highest BCUT2D eigenvalue weighted by atomic mass is 14.7. The molecule has 0 amide bonds. The molecule has 0 spiro atoms. The van der Waals surface area contributed by atoms with Crippen molar-refractivity contribution in [3.8, 4) is 11.1 Å². The van der Waals surface area contributed by atoms with Crippen molar-refractivity contribution in [2.75, 3.05) is 0 Å². The van der Waals surface area contributed by atoms with Gasteiger partial charge in [-0.05, 0) is 30.0 Å². The van der Waals surface area contributed by atoms with Crippen LogP contribution in [0.25, 0.3) is 11.1 Å². The lowest BCUT2D eigenvalue weighted by Gasteiger charge is -2.10. The van der Waals surface area contributed by atoms with Gasteiger partial charge in [0.1, 0.15) is 0 Å². The second-order valence-corrected chi connectivity index (χ2v) is 4.42. The molecule has 1 heteroatoms. The first-order valence-corrected chi connectivity index (χ1v) is 5.70. The van der Waals surface area contributed by atoms with Crippen molar-refractivity contribution < 1.29 is 0 Å². The van der Waals surface area contributed by atoms with Crippen molar-refractivity contribution in [2.24, 2.45) is 0 Å². The Morgan fingerprint density at radius 1 is 1.06 bits per heavy atom. The summed E-state index contributed by atoms with van der Waals surface area (Å²) in [4.78, 5) is 4.48. The number of benzene rings is 1. The number of rotatable bonds is 2. The van der Waals surface area contributed by atoms with Crippen LogP contribution in [0.1, 0.15) is 31.0 Å². The summed E-state index contributed by atoms with van der Waals surface area (Å²) in [6, 6.07) is 12.7. The Hall–Kier alpha value is -1.63. The predicted molar refractivity (Wildman–Crippen MR) is 68.5 cm³/mol. The van der Waals surface area contributed by atoms with Gasteiger partial charge in [0.25, 0.3) is 0 Å². The molecule has 0 unspecified atom stereocenters. The molecule has 1 aromatic carbocycles. The quantitative estimate of drug-likeness (QED) is 0.726. The summed E-state index contributed by atoms with van der Waals surface area (Å²) in [6.45, 7) is 6.45. The highest BCUT2D eigenvalue weighted by Crippen LogP contribution is 2.25. The van der Waals surface area contributed by atoms with E-state index >= 15 is 0 Å². The van der Waals surface area contributed by atoms with E-state index in [4.69, 9.17) is 0 Å². The Morgan fingerprint density at radius 3 is 2.38 bits per heavy atom. The number of hydrogen-bond donors (Lipinski definition) is 0. The minimum Gasteiger partial charge on any atom is -0.261 e. The summed E-state index contributed by atoms with van der Waals surface area (Å²) in [5, 5.41) is 0. The van der Waals surface area contributed by atoms with Crippen LogP contribution >= 0.6 is 0 Å². The van der Waals surface area contributed by atoms with Gasteiger partial charge in [-0.15, -0.1) is 0 Å². The van der Waals surface area contributed by atoms with Crippen LogP contribution in [-0.4, -0.2) is 4.98 Å². The lowest BCUT2D eigenvalue weighted by Crippen LogP contribution is -1.94. The van der Waals surface area contributed by atoms with E-state index in [1.54, 1.807) is 0 Å². The van der Waals surface area contributed by atoms with Gasteiger partial charge in [0.05, 0.1) is 0 Å². The van der Waals surface area contributed by atoms with E-state index < -0.39 is 0 Å². The van der Waals surface area contributed by atoms with Gasteiger partial charge in [-0.1, -0.05) is 44.2 Å². The van der Waals surface area contributed by atoms with E-state index in [1.807, 2.05) is 12.3 Å². The van der Waals surface area contributed by atoms with Gasteiger partial charge in [-0.25, -0.2) is 0 Å². The zero-order chi connectivity index (χ0) is 11.5. The molecule has 0 N–H and O–H groups in total. The number of aryl methyl sites for hydroxylation is 1. The maximum atomic E-state index is 4.48. The Bertz CT molecular complexity index is 472. The third-order valence-electron chi connectivity index (χ3n) is 2.86. The van der Waals surface area contributed by atoms with Crippen molar-refractivity contribution in [2.45, 2.75) is 26.7 Å². The predicted octanol–water partition coefficient (Wildman–Crippen LogP) is 4.18. The van der Waals surface area contributed by atoms with Crippen molar-refractivity contribution >= 4 is 0 Å². The highest BCUT2D eigenvalue weighted by molar-refractivity contribution is 5.66. The lowest BCUT2D eigenvalue weighted by atomic mass is 9.98. The van der Waals surface area contributed by atoms with E-state index in [0.717, 1.165) is 5.69 Å². The monoisotopic (exact) mass is 211 g/mol. The second-order valence-electron chi connectivity index (χ2n) is 4.42. The average molecular weight is 211 g/mol. The fourth-order valence-electron chi connectivity index (χ4n) is 1.77. The molecular weight excluding hydrogens is 194 g/mol. The number of pyridine rings is 1. The van der Waals surface area contributed by atoms with Crippen molar-refractivity contribution in [1.82, 2.24) is 4.98 Å². The molecule has 0 saturated heterocycles. The topological polar surface area (TPSA) is 12.9 Å². The zero-order valence-corrected chi connectivity index (χ0v) is 10.1. The van der Waals surface area contributed by atoms with Crippen LogP contribution in [0.15, 0.2) is 42.6 Å². The first-order chi connectivity index (χ1) is 7.68. The van der Waals surface area contributed by atoms with Gasteiger partial charge in [0.2, 0.25) is 0 Å². The fraction of sp³-hybridized carbons (Fsp3) is 0.267. The van der Waals surface area contributed by atoms with E-state index in [-0.39, 0.29) is 0 Å². The molecule has 0 aliphatic heterocycles. The number of nitrogens with zero attached hydrogens (tertiary/aromatic N) is 1. The van der Waals surface area contributed by atoms with Crippen LogP contribution in [-0.2, 0) is 0 Å². The second kappa shape index (κ2) is 4.48. The molecule has 1 aromatic heterocycles. The first-order valence-electron chi connectivity index (χ1n) is 5.70. The molecule has 0 bridgehead atoms. The molecule has 16 heavy (non-hydrogen) atoms. The number of aromatic nitrogens is 1. The van der Waals surface area contributed by atoms with Crippen LogP contribution in [0.2, 0.25) is 0 Å². The summed E-state index contributed by atoms with van der Waals surface area (Å²) in [5.74, 6) is 0.524. The van der Waals surface area contributed by atoms with Gasteiger partial charge >= 0.3 is 0 Å². The summed E-state index contributed by atoms with van der Waals surface area (Å²) in [6.07, 6.45) is 1.98.